The molecule has 0 radical (unpaired) electrons. The zero-order chi connectivity index (χ0) is 12.4. The summed E-state index contributed by atoms with van der Waals surface area (Å²) in [5.74, 6) is 0. The second kappa shape index (κ2) is 4.55. The van der Waals surface area contributed by atoms with Crippen LogP contribution >= 0.6 is 11.6 Å². The number of hydrogen-bond acceptors (Lipinski definition) is 2. The van der Waals surface area contributed by atoms with Crippen molar-refractivity contribution < 1.29 is 0 Å². The summed E-state index contributed by atoms with van der Waals surface area (Å²) in [6.07, 6.45) is 7.20. The van der Waals surface area contributed by atoms with E-state index in [-0.39, 0.29) is 5.28 Å². The second-order valence-corrected chi connectivity index (χ2v) is 3.91. The minimum absolute atomic E-state index is 0.238. The van der Waals surface area contributed by atoms with Gasteiger partial charge in [0.05, 0.1) is 5.69 Å². The van der Waals surface area contributed by atoms with Crippen molar-refractivity contribution in [3.05, 3.63) is 48.2 Å². The van der Waals surface area contributed by atoms with Crippen molar-refractivity contribution in [1.29, 1.82) is 0 Å². The van der Waals surface area contributed by atoms with Crippen LogP contribution in [0.15, 0.2) is 31.6 Å². The van der Waals surface area contributed by atoms with Gasteiger partial charge in [0, 0.05) is 36.3 Å². The Labute approximate surface area is 105 Å². The predicted octanol–water partition coefficient (Wildman–Crippen LogP) is 3.42. The highest BCUT2D eigenvalue weighted by Crippen LogP contribution is 2.28. The van der Waals surface area contributed by atoms with Crippen LogP contribution in [0.4, 0.5) is 0 Å². The lowest BCUT2D eigenvalue weighted by Gasteiger charge is -2.00. The van der Waals surface area contributed by atoms with E-state index in [1.165, 1.54) is 0 Å². The SMILES string of the molecule is C=Cc1c(-c2ccnc(Cl)n2)cn(C)c1C=C. The topological polar surface area (TPSA) is 30.7 Å². The van der Waals surface area contributed by atoms with Crippen LogP contribution in [-0.2, 0) is 7.05 Å². The molecule has 4 heteroatoms. The summed E-state index contributed by atoms with van der Waals surface area (Å²) in [6.45, 7) is 7.62. The summed E-state index contributed by atoms with van der Waals surface area (Å²) in [5.41, 5.74) is 3.76. The van der Waals surface area contributed by atoms with Crippen LogP contribution in [0, 0.1) is 0 Å². The van der Waals surface area contributed by atoms with Gasteiger partial charge in [-0.3, -0.25) is 0 Å². The fourth-order valence-corrected chi connectivity index (χ4v) is 1.97. The standard InChI is InChI=1S/C13H12ClN3/c1-4-9-10(8-17(3)12(9)5-2)11-6-7-15-13(14)16-11/h4-8H,1-2H2,3H3. The molecule has 0 unspecified atom stereocenters. The number of hydrogen-bond donors (Lipinski definition) is 0. The van der Waals surface area contributed by atoms with E-state index < -0.39 is 0 Å². The van der Waals surface area contributed by atoms with Crippen molar-refractivity contribution in [2.45, 2.75) is 0 Å². The Morgan fingerprint density at radius 2 is 2.12 bits per heavy atom. The summed E-state index contributed by atoms with van der Waals surface area (Å²) in [6, 6.07) is 1.82. The predicted molar refractivity (Wildman–Crippen MR) is 71.6 cm³/mol. The second-order valence-electron chi connectivity index (χ2n) is 3.57. The van der Waals surface area contributed by atoms with Crippen molar-refractivity contribution in [1.82, 2.24) is 14.5 Å². The van der Waals surface area contributed by atoms with Gasteiger partial charge < -0.3 is 4.57 Å². The Balaban J connectivity index is 2.67. The van der Waals surface area contributed by atoms with Crippen molar-refractivity contribution in [2.24, 2.45) is 7.05 Å². The van der Waals surface area contributed by atoms with Crippen LogP contribution < -0.4 is 0 Å². The zero-order valence-electron chi connectivity index (χ0n) is 9.52. The number of nitrogens with zero attached hydrogens (tertiary/aromatic N) is 3. The van der Waals surface area contributed by atoms with Crippen LogP contribution in [0.2, 0.25) is 5.28 Å². The van der Waals surface area contributed by atoms with Gasteiger partial charge in [-0.25, -0.2) is 9.97 Å². The van der Waals surface area contributed by atoms with E-state index in [1.54, 1.807) is 18.3 Å². The zero-order valence-corrected chi connectivity index (χ0v) is 10.3. The van der Waals surface area contributed by atoms with Crippen LogP contribution in [-0.4, -0.2) is 14.5 Å². The van der Waals surface area contributed by atoms with Gasteiger partial charge in [-0.1, -0.05) is 19.2 Å². The third-order valence-electron chi connectivity index (χ3n) is 2.57. The lowest BCUT2D eigenvalue weighted by atomic mass is 10.1. The monoisotopic (exact) mass is 245 g/mol. The lowest BCUT2D eigenvalue weighted by molar-refractivity contribution is 0.914. The molecule has 0 atom stereocenters. The average Bonchev–Trinajstić information content (AvgIpc) is 2.65. The molecule has 2 rings (SSSR count). The fourth-order valence-electron chi connectivity index (χ4n) is 1.82. The molecule has 0 amide bonds. The Hall–Kier alpha value is -1.87. The molecule has 2 heterocycles. The minimum Gasteiger partial charge on any atom is -0.350 e. The van der Waals surface area contributed by atoms with Gasteiger partial charge in [-0.05, 0) is 23.7 Å². The number of rotatable bonds is 3. The molecule has 0 aliphatic rings. The Kier molecular flexibility index (Phi) is 3.11. The van der Waals surface area contributed by atoms with Crippen LogP contribution in [0.5, 0.6) is 0 Å². The van der Waals surface area contributed by atoms with Gasteiger partial charge in [0.15, 0.2) is 0 Å². The molecule has 2 aromatic heterocycles. The smallest absolute Gasteiger partial charge is 0.222 e. The Morgan fingerprint density at radius 1 is 1.35 bits per heavy atom. The third-order valence-corrected chi connectivity index (χ3v) is 2.75. The van der Waals surface area contributed by atoms with Crippen LogP contribution in [0.25, 0.3) is 23.4 Å². The molecule has 0 bridgehead atoms. The van der Waals surface area contributed by atoms with Gasteiger partial charge in [0.2, 0.25) is 5.28 Å². The molecule has 0 aliphatic carbocycles. The molecule has 0 fully saturated rings. The Bertz CT molecular complexity index is 584. The molecule has 0 aromatic carbocycles. The molecule has 0 N–H and O–H groups in total. The summed E-state index contributed by atoms with van der Waals surface area (Å²) in [7, 11) is 1.95. The first-order chi connectivity index (χ1) is 8.17. The van der Waals surface area contributed by atoms with E-state index in [4.69, 9.17) is 11.6 Å². The summed E-state index contributed by atoms with van der Waals surface area (Å²) in [5, 5.41) is 0.238. The first kappa shape index (κ1) is 11.6. The lowest BCUT2D eigenvalue weighted by Crippen LogP contribution is -1.88. The molecular formula is C13H12ClN3. The maximum absolute atomic E-state index is 5.80. The van der Waals surface area contributed by atoms with E-state index in [0.29, 0.717) is 0 Å². The number of halogens is 1. The highest BCUT2D eigenvalue weighted by atomic mass is 35.5. The largest absolute Gasteiger partial charge is 0.350 e. The van der Waals surface area contributed by atoms with Crippen LogP contribution in [0.1, 0.15) is 11.3 Å². The maximum atomic E-state index is 5.80. The van der Waals surface area contributed by atoms with Crippen molar-refractivity contribution in [2.75, 3.05) is 0 Å². The first-order valence-electron chi connectivity index (χ1n) is 5.10. The van der Waals surface area contributed by atoms with E-state index in [0.717, 1.165) is 22.5 Å². The number of aromatic nitrogens is 3. The van der Waals surface area contributed by atoms with Gasteiger partial charge in [0.25, 0.3) is 0 Å². The van der Waals surface area contributed by atoms with Crippen molar-refractivity contribution in [3.8, 4) is 11.3 Å². The summed E-state index contributed by atoms with van der Waals surface area (Å²) < 4.78 is 1.98. The van der Waals surface area contributed by atoms with Gasteiger partial charge >= 0.3 is 0 Å². The molecule has 0 saturated carbocycles. The van der Waals surface area contributed by atoms with E-state index in [9.17, 15) is 0 Å². The quantitative estimate of drug-likeness (QED) is 0.776. The molecule has 17 heavy (non-hydrogen) atoms. The molecule has 2 aromatic rings. The molecule has 0 aliphatic heterocycles. The van der Waals surface area contributed by atoms with Crippen molar-refractivity contribution in [3.63, 3.8) is 0 Å². The fraction of sp³-hybridized carbons (Fsp3) is 0.0769. The summed E-state index contributed by atoms with van der Waals surface area (Å²) in [4.78, 5) is 8.07. The normalized spacial score (nSPS) is 10.2. The Morgan fingerprint density at radius 3 is 2.71 bits per heavy atom. The van der Waals surface area contributed by atoms with Gasteiger partial charge in [0.1, 0.15) is 0 Å². The number of aryl methyl sites for hydroxylation is 1. The highest BCUT2D eigenvalue weighted by molar-refractivity contribution is 6.28. The van der Waals surface area contributed by atoms with Gasteiger partial charge in [-0.2, -0.15) is 0 Å². The van der Waals surface area contributed by atoms with Crippen molar-refractivity contribution >= 4 is 23.8 Å². The minimum atomic E-state index is 0.238. The molecular weight excluding hydrogens is 234 g/mol. The third kappa shape index (κ3) is 2.01. The van der Waals surface area contributed by atoms with Crippen LogP contribution in [0.3, 0.4) is 0 Å². The van der Waals surface area contributed by atoms with E-state index >= 15 is 0 Å². The van der Waals surface area contributed by atoms with E-state index in [1.807, 2.05) is 23.9 Å². The molecule has 86 valence electrons. The molecule has 0 spiro atoms. The first-order valence-corrected chi connectivity index (χ1v) is 5.48. The highest BCUT2D eigenvalue weighted by Gasteiger charge is 2.12. The van der Waals surface area contributed by atoms with E-state index in [2.05, 4.69) is 23.1 Å². The molecule has 3 nitrogen and oxygen atoms in total. The maximum Gasteiger partial charge on any atom is 0.222 e. The molecule has 0 saturated heterocycles. The average molecular weight is 246 g/mol. The summed E-state index contributed by atoms with van der Waals surface area (Å²) >= 11 is 5.80. The van der Waals surface area contributed by atoms with Gasteiger partial charge in [-0.15, -0.1) is 0 Å².